The van der Waals surface area contributed by atoms with Crippen molar-refractivity contribution >= 4 is 0 Å². The van der Waals surface area contributed by atoms with Gasteiger partial charge in [-0.1, -0.05) is 24.3 Å². The maximum absolute atomic E-state index is 6.27. The molecule has 1 aromatic carbocycles. The summed E-state index contributed by atoms with van der Waals surface area (Å²) in [7, 11) is 1.67. The lowest BCUT2D eigenvalue weighted by Gasteiger charge is -2.31. The maximum atomic E-state index is 6.27. The first-order valence-corrected chi connectivity index (χ1v) is 6.84. The Hall–Kier alpha value is -0.940. The van der Waals surface area contributed by atoms with Crippen molar-refractivity contribution in [1.82, 2.24) is 0 Å². The van der Waals surface area contributed by atoms with E-state index in [2.05, 4.69) is 18.2 Å². The lowest BCUT2D eigenvalue weighted by Crippen LogP contribution is -2.34. The van der Waals surface area contributed by atoms with Gasteiger partial charge >= 0.3 is 0 Å². The van der Waals surface area contributed by atoms with Crippen molar-refractivity contribution in [3.8, 4) is 0 Å². The number of methoxy groups -OCH3 is 1. The highest BCUT2D eigenvalue weighted by atomic mass is 16.5. The minimum Gasteiger partial charge on any atom is -0.382 e. The van der Waals surface area contributed by atoms with Gasteiger partial charge in [0.25, 0.3) is 0 Å². The fourth-order valence-electron chi connectivity index (χ4n) is 2.45. The standard InChI is InChI=1S/C15H23NO3/c1-17-8-9-18-10-11-19-14-7-6-12-4-2-3-5-13(12)15(14)16/h2-5,14-15H,6-11,16H2,1H3. The van der Waals surface area contributed by atoms with E-state index in [0.717, 1.165) is 12.8 Å². The molecule has 0 fully saturated rings. The van der Waals surface area contributed by atoms with Crippen molar-refractivity contribution in [1.29, 1.82) is 0 Å². The molecule has 0 amide bonds. The Balaban J connectivity index is 1.74. The first-order valence-electron chi connectivity index (χ1n) is 6.84. The topological polar surface area (TPSA) is 53.7 Å². The van der Waals surface area contributed by atoms with Crippen molar-refractivity contribution in [3.05, 3.63) is 35.4 Å². The summed E-state index contributed by atoms with van der Waals surface area (Å²) >= 11 is 0. The van der Waals surface area contributed by atoms with E-state index in [1.807, 2.05) is 6.07 Å². The molecule has 0 bridgehead atoms. The summed E-state index contributed by atoms with van der Waals surface area (Å²) in [6.45, 7) is 2.41. The molecule has 0 aliphatic heterocycles. The largest absolute Gasteiger partial charge is 0.382 e. The second-order valence-electron chi connectivity index (χ2n) is 4.78. The highest BCUT2D eigenvalue weighted by molar-refractivity contribution is 5.33. The molecule has 2 N–H and O–H groups in total. The average molecular weight is 265 g/mol. The fourth-order valence-corrected chi connectivity index (χ4v) is 2.45. The van der Waals surface area contributed by atoms with Crippen molar-refractivity contribution in [2.24, 2.45) is 5.73 Å². The summed E-state index contributed by atoms with van der Waals surface area (Å²) in [6, 6.07) is 8.33. The molecule has 4 heteroatoms. The molecule has 106 valence electrons. The third-order valence-electron chi connectivity index (χ3n) is 3.50. The summed E-state index contributed by atoms with van der Waals surface area (Å²) < 4.78 is 16.1. The van der Waals surface area contributed by atoms with Crippen LogP contribution in [-0.4, -0.2) is 39.6 Å². The van der Waals surface area contributed by atoms with Crippen LogP contribution in [0.25, 0.3) is 0 Å². The van der Waals surface area contributed by atoms with Crippen LogP contribution in [0.4, 0.5) is 0 Å². The number of nitrogens with two attached hydrogens (primary N) is 1. The van der Waals surface area contributed by atoms with Gasteiger partial charge in [-0.15, -0.1) is 0 Å². The van der Waals surface area contributed by atoms with Gasteiger partial charge in [0, 0.05) is 7.11 Å². The molecule has 0 heterocycles. The van der Waals surface area contributed by atoms with Gasteiger partial charge in [0.2, 0.25) is 0 Å². The van der Waals surface area contributed by atoms with E-state index >= 15 is 0 Å². The van der Waals surface area contributed by atoms with Crippen molar-refractivity contribution < 1.29 is 14.2 Å². The highest BCUT2D eigenvalue weighted by Crippen LogP contribution is 2.29. The number of aryl methyl sites for hydroxylation is 1. The lowest BCUT2D eigenvalue weighted by molar-refractivity contribution is -0.0205. The van der Waals surface area contributed by atoms with Gasteiger partial charge in [-0.05, 0) is 24.0 Å². The Morgan fingerprint density at radius 1 is 1.16 bits per heavy atom. The summed E-state index contributed by atoms with van der Waals surface area (Å²) in [4.78, 5) is 0. The number of hydrogen-bond donors (Lipinski definition) is 1. The van der Waals surface area contributed by atoms with Crippen LogP contribution in [0.3, 0.4) is 0 Å². The molecule has 1 aliphatic rings. The molecule has 2 unspecified atom stereocenters. The monoisotopic (exact) mass is 265 g/mol. The van der Waals surface area contributed by atoms with Gasteiger partial charge in [-0.2, -0.15) is 0 Å². The predicted octanol–water partition coefficient (Wildman–Crippen LogP) is 1.68. The molecule has 1 aliphatic carbocycles. The Kier molecular flexibility index (Phi) is 5.79. The van der Waals surface area contributed by atoms with Crippen molar-refractivity contribution in [3.63, 3.8) is 0 Å². The zero-order chi connectivity index (χ0) is 13.5. The average Bonchev–Trinajstić information content (AvgIpc) is 2.45. The predicted molar refractivity (Wildman–Crippen MR) is 74.1 cm³/mol. The van der Waals surface area contributed by atoms with Gasteiger partial charge in [0.1, 0.15) is 0 Å². The molecule has 0 saturated heterocycles. The number of benzene rings is 1. The van der Waals surface area contributed by atoms with Gasteiger partial charge in [-0.25, -0.2) is 0 Å². The Morgan fingerprint density at radius 3 is 2.79 bits per heavy atom. The van der Waals surface area contributed by atoms with Crippen LogP contribution < -0.4 is 5.73 Å². The molecule has 19 heavy (non-hydrogen) atoms. The Morgan fingerprint density at radius 2 is 1.95 bits per heavy atom. The van der Waals surface area contributed by atoms with E-state index in [4.69, 9.17) is 19.9 Å². The Bertz CT molecular complexity index is 383. The SMILES string of the molecule is COCCOCCOC1CCc2ccccc2C1N. The molecule has 0 saturated carbocycles. The first kappa shape index (κ1) is 14.5. The molecule has 0 aromatic heterocycles. The van der Waals surface area contributed by atoms with E-state index in [0.29, 0.717) is 26.4 Å². The van der Waals surface area contributed by atoms with Gasteiger partial charge < -0.3 is 19.9 Å². The van der Waals surface area contributed by atoms with E-state index in [1.165, 1.54) is 11.1 Å². The van der Waals surface area contributed by atoms with Gasteiger partial charge in [0.05, 0.1) is 38.6 Å². The zero-order valence-corrected chi connectivity index (χ0v) is 11.5. The molecule has 2 rings (SSSR count). The van der Waals surface area contributed by atoms with Gasteiger partial charge in [0.15, 0.2) is 0 Å². The number of ether oxygens (including phenoxy) is 3. The fraction of sp³-hybridized carbons (Fsp3) is 0.600. The van der Waals surface area contributed by atoms with Crippen LogP contribution in [0.5, 0.6) is 0 Å². The molecule has 4 nitrogen and oxygen atoms in total. The van der Waals surface area contributed by atoms with Crippen molar-refractivity contribution in [2.45, 2.75) is 25.0 Å². The highest BCUT2D eigenvalue weighted by Gasteiger charge is 2.26. The maximum Gasteiger partial charge on any atom is 0.0772 e. The van der Waals surface area contributed by atoms with Crippen LogP contribution in [0.2, 0.25) is 0 Å². The number of hydrogen-bond acceptors (Lipinski definition) is 4. The second-order valence-corrected chi connectivity index (χ2v) is 4.78. The molecular formula is C15H23NO3. The summed E-state index contributed by atoms with van der Waals surface area (Å²) in [5, 5.41) is 0. The van der Waals surface area contributed by atoms with E-state index in [1.54, 1.807) is 7.11 Å². The summed E-state index contributed by atoms with van der Waals surface area (Å²) in [5.74, 6) is 0. The Labute approximate surface area is 114 Å². The van der Waals surface area contributed by atoms with Crippen LogP contribution in [0, 0.1) is 0 Å². The normalized spacial score (nSPS) is 22.2. The molecule has 2 atom stereocenters. The molecule has 0 radical (unpaired) electrons. The quantitative estimate of drug-likeness (QED) is 0.762. The van der Waals surface area contributed by atoms with Crippen LogP contribution >= 0.6 is 0 Å². The summed E-state index contributed by atoms with van der Waals surface area (Å²) in [5.41, 5.74) is 8.84. The second kappa shape index (κ2) is 7.60. The van der Waals surface area contributed by atoms with Gasteiger partial charge in [-0.3, -0.25) is 0 Å². The lowest BCUT2D eigenvalue weighted by atomic mass is 9.86. The van der Waals surface area contributed by atoms with Crippen LogP contribution in [0.15, 0.2) is 24.3 Å². The van der Waals surface area contributed by atoms with Crippen LogP contribution in [-0.2, 0) is 20.6 Å². The molecule has 1 aromatic rings. The van der Waals surface area contributed by atoms with Crippen LogP contribution in [0.1, 0.15) is 23.6 Å². The van der Waals surface area contributed by atoms with E-state index in [9.17, 15) is 0 Å². The third-order valence-corrected chi connectivity index (χ3v) is 3.50. The first-order chi connectivity index (χ1) is 9.33. The minimum atomic E-state index is -0.0241. The number of fused-ring (bicyclic) bond motifs is 1. The van der Waals surface area contributed by atoms with E-state index < -0.39 is 0 Å². The summed E-state index contributed by atoms with van der Waals surface area (Å²) in [6.07, 6.45) is 2.12. The molecule has 0 spiro atoms. The number of rotatable bonds is 7. The molecular weight excluding hydrogens is 242 g/mol. The van der Waals surface area contributed by atoms with Crippen molar-refractivity contribution in [2.75, 3.05) is 33.5 Å². The van der Waals surface area contributed by atoms with E-state index in [-0.39, 0.29) is 12.1 Å². The zero-order valence-electron chi connectivity index (χ0n) is 11.5. The smallest absolute Gasteiger partial charge is 0.0772 e. The third kappa shape index (κ3) is 4.01. The minimum absolute atomic E-state index is 0.0241.